The van der Waals surface area contributed by atoms with Gasteiger partial charge in [0, 0.05) is 24.9 Å². The van der Waals surface area contributed by atoms with E-state index in [1.165, 1.54) is 50.1 Å². The fourth-order valence-corrected chi connectivity index (χ4v) is 3.50. The maximum atomic E-state index is 12.2. The van der Waals surface area contributed by atoms with Crippen molar-refractivity contribution in [2.75, 3.05) is 14.1 Å². The lowest BCUT2D eigenvalue weighted by molar-refractivity contribution is 0.0946. The molecular weight excluding hydrogens is 376 g/mol. The second-order valence-corrected chi connectivity index (χ2v) is 9.33. The molecule has 10 heteroatoms. The first-order chi connectivity index (χ1) is 12.2. The normalized spacial score (nSPS) is 13.0. The third-order valence-corrected chi connectivity index (χ3v) is 6.55. The molecule has 1 atom stereocenters. The molecule has 1 N–H and O–H groups in total. The minimum atomic E-state index is -3.52. The Morgan fingerprint density at radius 2 is 1.92 bits per heavy atom. The zero-order valence-electron chi connectivity index (χ0n) is 15.1. The van der Waals surface area contributed by atoms with Crippen LogP contribution in [0.25, 0.3) is 0 Å². The van der Waals surface area contributed by atoms with Gasteiger partial charge in [-0.3, -0.25) is 4.79 Å². The molecule has 142 valence electrons. The minimum absolute atomic E-state index is 0.102. The molecular formula is C16H22N4O4S2. The van der Waals surface area contributed by atoms with Crippen molar-refractivity contribution in [3.05, 3.63) is 35.7 Å². The van der Waals surface area contributed by atoms with Crippen LogP contribution in [-0.2, 0) is 16.6 Å². The molecule has 2 aromatic rings. The molecule has 0 fully saturated rings. The van der Waals surface area contributed by atoms with Crippen molar-refractivity contribution in [2.45, 2.75) is 42.2 Å². The molecule has 2 rings (SSSR count). The topological polar surface area (TPSA) is 105 Å². The number of hydrogen-bond acceptors (Lipinski definition) is 7. The molecule has 0 spiro atoms. The molecule has 0 saturated carbocycles. The van der Waals surface area contributed by atoms with Crippen molar-refractivity contribution >= 4 is 27.7 Å². The zero-order valence-corrected chi connectivity index (χ0v) is 16.7. The standard InChI is InChI=1S/C16H22N4O4S2/c1-5-11(2)25-16-19-18-14(24-16)10-17-15(21)12-6-8-13(9-7-12)26(22,23)20(3)4/h6-9,11H,5,10H2,1-4H3,(H,17,21)/t11-/m0/s1. The zero-order chi connectivity index (χ0) is 19.3. The number of benzene rings is 1. The number of rotatable bonds is 8. The Balaban J connectivity index is 1.96. The summed E-state index contributed by atoms with van der Waals surface area (Å²) in [6.07, 6.45) is 0.985. The van der Waals surface area contributed by atoms with Crippen LogP contribution in [0.4, 0.5) is 0 Å². The first-order valence-electron chi connectivity index (χ1n) is 8.04. The summed E-state index contributed by atoms with van der Waals surface area (Å²) in [7, 11) is -0.613. The Hall–Kier alpha value is -1.91. The Morgan fingerprint density at radius 3 is 2.50 bits per heavy atom. The third kappa shape index (κ3) is 5.05. The molecule has 0 aliphatic carbocycles. The molecule has 1 aromatic carbocycles. The summed E-state index contributed by atoms with van der Waals surface area (Å²) in [4.78, 5) is 12.3. The van der Waals surface area contributed by atoms with Crippen molar-refractivity contribution in [3.63, 3.8) is 0 Å². The van der Waals surface area contributed by atoms with E-state index >= 15 is 0 Å². The van der Waals surface area contributed by atoms with E-state index in [4.69, 9.17) is 4.42 Å². The predicted molar refractivity (Wildman–Crippen MR) is 98.4 cm³/mol. The maximum absolute atomic E-state index is 12.2. The van der Waals surface area contributed by atoms with Gasteiger partial charge in [-0.2, -0.15) is 0 Å². The van der Waals surface area contributed by atoms with Gasteiger partial charge in [-0.05, 0) is 30.7 Å². The summed E-state index contributed by atoms with van der Waals surface area (Å²) >= 11 is 1.49. The molecule has 26 heavy (non-hydrogen) atoms. The summed E-state index contributed by atoms with van der Waals surface area (Å²) in [6.45, 7) is 4.24. The molecule has 0 aliphatic rings. The Labute approximate surface area is 157 Å². The lowest BCUT2D eigenvalue weighted by Crippen LogP contribution is -2.24. The van der Waals surface area contributed by atoms with Crippen molar-refractivity contribution in [1.82, 2.24) is 19.8 Å². The smallest absolute Gasteiger partial charge is 0.276 e. The number of hydrogen-bond donors (Lipinski definition) is 1. The average molecular weight is 399 g/mol. The van der Waals surface area contributed by atoms with E-state index in [-0.39, 0.29) is 17.3 Å². The monoisotopic (exact) mass is 398 g/mol. The highest BCUT2D eigenvalue weighted by atomic mass is 32.2. The summed E-state index contributed by atoms with van der Waals surface area (Å²) in [5.41, 5.74) is 0.344. The van der Waals surface area contributed by atoms with E-state index in [2.05, 4.69) is 29.4 Å². The Bertz CT molecular complexity index is 847. The Kier molecular flexibility index (Phi) is 6.79. The van der Waals surface area contributed by atoms with Gasteiger partial charge < -0.3 is 9.73 Å². The van der Waals surface area contributed by atoms with E-state index < -0.39 is 10.0 Å². The van der Waals surface area contributed by atoms with Crippen LogP contribution in [0.5, 0.6) is 0 Å². The summed E-state index contributed by atoms with van der Waals surface area (Å²) in [5, 5.41) is 11.3. The quantitative estimate of drug-likeness (QED) is 0.679. The van der Waals surface area contributed by atoms with Crippen LogP contribution in [0.2, 0.25) is 0 Å². The molecule has 0 bridgehead atoms. The van der Waals surface area contributed by atoms with Gasteiger partial charge in [0.25, 0.3) is 11.1 Å². The number of amides is 1. The third-order valence-electron chi connectivity index (χ3n) is 3.62. The van der Waals surface area contributed by atoms with Crippen LogP contribution in [0, 0.1) is 0 Å². The predicted octanol–water partition coefficient (Wildman–Crippen LogP) is 2.14. The van der Waals surface area contributed by atoms with Crippen molar-refractivity contribution in [3.8, 4) is 0 Å². The van der Waals surface area contributed by atoms with Gasteiger partial charge in [0.05, 0.1) is 11.4 Å². The second-order valence-electron chi connectivity index (χ2n) is 5.79. The highest BCUT2D eigenvalue weighted by Crippen LogP contribution is 2.23. The van der Waals surface area contributed by atoms with E-state index in [1.54, 1.807) is 0 Å². The molecule has 1 aromatic heterocycles. The lowest BCUT2D eigenvalue weighted by Gasteiger charge is -2.11. The van der Waals surface area contributed by atoms with Gasteiger partial charge in [0.2, 0.25) is 15.9 Å². The number of carbonyl (C=O) groups is 1. The van der Waals surface area contributed by atoms with E-state index in [9.17, 15) is 13.2 Å². The van der Waals surface area contributed by atoms with Crippen molar-refractivity contribution < 1.29 is 17.6 Å². The maximum Gasteiger partial charge on any atom is 0.276 e. The van der Waals surface area contributed by atoms with Crippen LogP contribution < -0.4 is 5.32 Å². The second kappa shape index (κ2) is 8.65. The fraction of sp³-hybridized carbons (Fsp3) is 0.438. The number of sulfonamides is 1. The average Bonchev–Trinajstić information content (AvgIpc) is 3.06. The largest absolute Gasteiger partial charge is 0.414 e. The number of nitrogens with one attached hydrogen (secondary N) is 1. The number of carbonyl (C=O) groups excluding carboxylic acids is 1. The van der Waals surface area contributed by atoms with Gasteiger partial charge >= 0.3 is 0 Å². The van der Waals surface area contributed by atoms with Gasteiger partial charge in [-0.25, -0.2) is 12.7 Å². The minimum Gasteiger partial charge on any atom is -0.414 e. The van der Waals surface area contributed by atoms with Gasteiger partial charge in [-0.1, -0.05) is 25.6 Å². The molecule has 0 unspecified atom stereocenters. The van der Waals surface area contributed by atoms with Crippen LogP contribution in [-0.4, -0.2) is 48.2 Å². The molecule has 0 saturated heterocycles. The summed E-state index contributed by atoms with van der Waals surface area (Å²) < 4.78 is 30.6. The number of thioether (sulfide) groups is 1. The summed E-state index contributed by atoms with van der Waals surface area (Å²) in [6, 6.07) is 5.73. The van der Waals surface area contributed by atoms with E-state index in [0.717, 1.165) is 10.7 Å². The molecule has 1 amide bonds. The van der Waals surface area contributed by atoms with Crippen LogP contribution in [0.15, 0.2) is 38.8 Å². The van der Waals surface area contributed by atoms with Crippen LogP contribution >= 0.6 is 11.8 Å². The molecule has 0 aliphatic heterocycles. The van der Waals surface area contributed by atoms with Crippen molar-refractivity contribution in [1.29, 1.82) is 0 Å². The summed E-state index contributed by atoms with van der Waals surface area (Å²) in [5.74, 6) is -0.0379. The van der Waals surface area contributed by atoms with Crippen LogP contribution in [0.1, 0.15) is 36.5 Å². The first-order valence-corrected chi connectivity index (χ1v) is 10.4. The van der Waals surface area contributed by atoms with Gasteiger partial charge in [-0.15, -0.1) is 10.2 Å². The fourth-order valence-electron chi connectivity index (χ4n) is 1.86. The molecule has 1 heterocycles. The van der Waals surface area contributed by atoms with Gasteiger partial charge in [0.1, 0.15) is 0 Å². The van der Waals surface area contributed by atoms with Gasteiger partial charge in [0.15, 0.2) is 0 Å². The molecule has 0 radical (unpaired) electrons. The molecule has 8 nitrogen and oxygen atoms in total. The highest BCUT2D eigenvalue weighted by molar-refractivity contribution is 7.99. The van der Waals surface area contributed by atoms with Crippen molar-refractivity contribution in [2.24, 2.45) is 0 Å². The van der Waals surface area contributed by atoms with E-state index in [1.807, 2.05) is 0 Å². The number of nitrogens with zero attached hydrogens (tertiary/aromatic N) is 3. The van der Waals surface area contributed by atoms with E-state index in [0.29, 0.717) is 21.9 Å². The number of aromatic nitrogens is 2. The first kappa shape index (κ1) is 20.4. The Morgan fingerprint density at radius 1 is 1.27 bits per heavy atom. The lowest BCUT2D eigenvalue weighted by atomic mass is 10.2. The highest BCUT2D eigenvalue weighted by Gasteiger charge is 2.18. The van der Waals surface area contributed by atoms with Crippen LogP contribution in [0.3, 0.4) is 0 Å². The SMILES string of the molecule is CC[C@H](C)Sc1nnc(CNC(=O)c2ccc(S(=O)(=O)N(C)C)cc2)o1.